The van der Waals surface area contributed by atoms with Crippen LogP contribution in [0.15, 0.2) is 46.9 Å². The van der Waals surface area contributed by atoms with Crippen LogP contribution in [0.4, 0.5) is 0 Å². The van der Waals surface area contributed by atoms with Gasteiger partial charge in [0.1, 0.15) is 0 Å². The van der Waals surface area contributed by atoms with Crippen LogP contribution in [0.5, 0.6) is 0 Å². The Morgan fingerprint density at radius 2 is 1.86 bits per heavy atom. The Morgan fingerprint density at radius 1 is 1.14 bits per heavy atom. The third kappa shape index (κ3) is 2.72. The summed E-state index contributed by atoms with van der Waals surface area (Å²) in [6.45, 7) is 0.504. The number of halogens is 1. The van der Waals surface area contributed by atoms with Crippen molar-refractivity contribution in [2.45, 2.75) is 5.92 Å². The van der Waals surface area contributed by atoms with E-state index in [0.29, 0.717) is 6.54 Å². The van der Waals surface area contributed by atoms with Crippen molar-refractivity contribution in [2.75, 3.05) is 13.1 Å². The van der Waals surface area contributed by atoms with E-state index in [1.54, 1.807) is 0 Å². The van der Waals surface area contributed by atoms with E-state index >= 15 is 0 Å². The molecule has 0 saturated carbocycles. The molecule has 1 fully saturated rings. The molecule has 1 aliphatic heterocycles. The van der Waals surface area contributed by atoms with Crippen molar-refractivity contribution in [1.29, 1.82) is 0 Å². The molecule has 0 radical (unpaired) electrons. The van der Waals surface area contributed by atoms with Gasteiger partial charge >= 0.3 is 5.97 Å². The minimum Gasteiger partial charge on any atom is -0.481 e. The van der Waals surface area contributed by atoms with Gasteiger partial charge in [-0.15, -0.1) is 0 Å². The Balaban J connectivity index is 1.84. The molecule has 1 amide bonds. The summed E-state index contributed by atoms with van der Waals surface area (Å²) in [6.07, 6.45) is 0. The fourth-order valence-electron chi connectivity index (χ4n) is 2.84. The lowest BCUT2D eigenvalue weighted by Gasteiger charge is -2.15. The van der Waals surface area contributed by atoms with Gasteiger partial charge in [0.2, 0.25) is 0 Å². The molecule has 0 spiro atoms. The number of hydrogen-bond donors (Lipinski definition) is 1. The highest BCUT2D eigenvalue weighted by Crippen LogP contribution is 2.33. The summed E-state index contributed by atoms with van der Waals surface area (Å²) in [5.74, 6) is -1.97. The summed E-state index contributed by atoms with van der Waals surface area (Å²) in [5, 5.41) is 9.57. The lowest BCUT2D eigenvalue weighted by atomic mass is 9.89. The maximum Gasteiger partial charge on any atom is 0.308 e. The molecule has 2 atom stereocenters. The molecule has 114 valence electrons. The number of carboxylic acid groups (broad SMARTS) is 1. The minimum absolute atomic E-state index is 0.128. The monoisotopic (exact) mass is 319 g/mol. The molecule has 1 saturated heterocycles. The van der Waals surface area contributed by atoms with E-state index < -0.39 is 11.9 Å². The topological polar surface area (TPSA) is 70.8 Å². The van der Waals surface area contributed by atoms with Crippen molar-refractivity contribution >= 4 is 23.5 Å². The average Bonchev–Trinajstić information content (AvgIpc) is 3.14. The molecule has 0 aliphatic carbocycles. The smallest absolute Gasteiger partial charge is 0.308 e. The quantitative estimate of drug-likeness (QED) is 0.944. The zero-order valence-corrected chi connectivity index (χ0v) is 12.4. The third-order valence-electron chi connectivity index (χ3n) is 3.94. The highest BCUT2D eigenvalue weighted by Gasteiger charge is 2.41. The first-order valence-corrected chi connectivity index (χ1v) is 7.26. The van der Waals surface area contributed by atoms with Crippen molar-refractivity contribution in [3.63, 3.8) is 0 Å². The van der Waals surface area contributed by atoms with Crippen LogP contribution in [-0.2, 0) is 4.79 Å². The van der Waals surface area contributed by atoms with Crippen molar-refractivity contribution in [3.8, 4) is 0 Å². The molecule has 5 nitrogen and oxygen atoms in total. The van der Waals surface area contributed by atoms with Crippen LogP contribution in [0.2, 0.25) is 5.22 Å². The summed E-state index contributed by atoms with van der Waals surface area (Å²) >= 11 is 5.68. The summed E-state index contributed by atoms with van der Waals surface area (Å²) in [6, 6.07) is 12.4. The van der Waals surface area contributed by atoms with Crippen LogP contribution in [0.25, 0.3) is 0 Å². The fourth-order valence-corrected chi connectivity index (χ4v) is 2.99. The van der Waals surface area contributed by atoms with E-state index in [4.69, 9.17) is 16.0 Å². The second kappa shape index (κ2) is 5.85. The number of likely N-dealkylation sites (tertiary alicyclic amines) is 1. The summed E-state index contributed by atoms with van der Waals surface area (Å²) in [5.41, 5.74) is 0.919. The van der Waals surface area contributed by atoms with E-state index in [1.807, 2.05) is 30.3 Å². The van der Waals surface area contributed by atoms with Gasteiger partial charge < -0.3 is 14.4 Å². The zero-order chi connectivity index (χ0) is 15.7. The Hall–Kier alpha value is -2.27. The molecule has 6 heteroatoms. The molecular weight excluding hydrogens is 306 g/mol. The van der Waals surface area contributed by atoms with Crippen LogP contribution in [0, 0.1) is 5.92 Å². The number of carboxylic acids is 1. The molecule has 3 rings (SSSR count). The number of amides is 1. The van der Waals surface area contributed by atoms with Gasteiger partial charge in [-0.25, -0.2) is 0 Å². The molecule has 2 aromatic rings. The standard InChI is InChI=1S/C16H14ClNO4/c17-14-7-6-13(22-14)15(19)18-8-11(12(9-18)16(20)21)10-4-2-1-3-5-10/h1-7,11-12H,8-9H2,(H,20,21)/t11-,12-/m1/s1. The van der Waals surface area contributed by atoms with Crippen molar-refractivity contribution in [3.05, 3.63) is 59.0 Å². The molecule has 22 heavy (non-hydrogen) atoms. The Labute approximate surface area is 132 Å². The number of furan rings is 1. The summed E-state index contributed by atoms with van der Waals surface area (Å²) in [4.78, 5) is 25.4. The number of rotatable bonds is 3. The van der Waals surface area contributed by atoms with Gasteiger partial charge in [0.05, 0.1) is 5.92 Å². The first-order valence-electron chi connectivity index (χ1n) is 6.88. The van der Waals surface area contributed by atoms with E-state index in [0.717, 1.165) is 5.56 Å². The number of carbonyl (C=O) groups is 2. The third-order valence-corrected chi connectivity index (χ3v) is 4.14. The SMILES string of the molecule is O=C(O)[C@@H]1CN(C(=O)c2ccc(Cl)o2)C[C@@H]1c1ccccc1. The summed E-state index contributed by atoms with van der Waals surface area (Å²) in [7, 11) is 0. The van der Waals surface area contributed by atoms with Crippen molar-refractivity contribution in [1.82, 2.24) is 4.90 Å². The number of nitrogens with zero attached hydrogens (tertiary/aromatic N) is 1. The van der Waals surface area contributed by atoms with Gasteiger partial charge in [-0.05, 0) is 29.3 Å². The molecule has 1 aliphatic rings. The maximum absolute atomic E-state index is 12.4. The Morgan fingerprint density at radius 3 is 2.45 bits per heavy atom. The van der Waals surface area contributed by atoms with Gasteiger partial charge in [0.15, 0.2) is 11.0 Å². The molecule has 0 unspecified atom stereocenters. The van der Waals surface area contributed by atoms with Crippen LogP contribution < -0.4 is 0 Å². The normalized spacial score (nSPS) is 21.0. The lowest BCUT2D eigenvalue weighted by molar-refractivity contribution is -0.141. The van der Waals surface area contributed by atoms with Gasteiger partial charge in [-0.3, -0.25) is 9.59 Å². The average molecular weight is 320 g/mol. The van der Waals surface area contributed by atoms with Crippen molar-refractivity contribution in [2.24, 2.45) is 5.92 Å². The number of hydrogen-bond acceptors (Lipinski definition) is 3. The number of carbonyl (C=O) groups excluding carboxylic acids is 1. The Bertz CT molecular complexity index is 697. The summed E-state index contributed by atoms with van der Waals surface area (Å²) < 4.78 is 5.12. The van der Waals surface area contributed by atoms with Gasteiger partial charge in [-0.2, -0.15) is 0 Å². The largest absolute Gasteiger partial charge is 0.481 e. The van der Waals surface area contributed by atoms with Gasteiger partial charge in [0, 0.05) is 19.0 Å². The lowest BCUT2D eigenvalue weighted by Crippen LogP contribution is -2.29. The highest BCUT2D eigenvalue weighted by atomic mass is 35.5. The fraction of sp³-hybridized carbons (Fsp3) is 0.250. The van der Waals surface area contributed by atoms with Crippen LogP contribution in [-0.4, -0.2) is 35.0 Å². The number of benzene rings is 1. The predicted octanol–water partition coefficient (Wildman–Crippen LogP) is 2.87. The second-order valence-corrected chi connectivity index (χ2v) is 5.65. The van der Waals surface area contributed by atoms with E-state index in [1.165, 1.54) is 17.0 Å². The highest BCUT2D eigenvalue weighted by molar-refractivity contribution is 6.29. The second-order valence-electron chi connectivity index (χ2n) is 5.28. The van der Waals surface area contributed by atoms with E-state index in [-0.39, 0.29) is 29.3 Å². The van der Waals surface area contributed by atoms with Crippen molar-refractivity contribution < 1.29 is 19.1 Å². The maximum atomic E-state index is 12.4. The van der Waals surface area contributed by atoms with Gasteiger partial charge in [-0.1, -0.05) is 30.3 Å². The van der Waals surface area contributed by atoms with Crippen LogP contribution >= 0.6 is 11.6 Å². The molecule has 2 heterocycles. The predicted molar refractivity (Wildman–Crippen MR) is 79.9 cm³/mol. The number of aliphatic carboxylic acids is 1. The molecule has 1 N–H and O–H groups in total. The van der Waals surface area contributed by atoms with E-state index in [2.05, 4.69) is 0 Å². The van der Waals surface area contributed by atoms with E-state index in [9.17, 15) is 14.7 Å². The van der Waals surface area contributed by atoms with Gasteiger partial charge in [0.25, 0.3) is 5.91 Å². The minimum atomic E-state index is -0.901. The first-order chi connectivity index (χ1) is 10.6. The van der Waals surface area contributed by atoms with Crippen LogP contribution in [0.3, 0.4) is 0 Å². The molecule has 0 bridgehead atoms. The molecular formula is C16H14ClNO4. The molecule has 1 aromatic carbocycles. The Kier molecular flexibility index (Phi) is 3.90. The first kappa shape index (κ1) is 14.7. The molecule has 1 aromatic heterocycles. The van der Waals surface area contributed by atoms with Crippen LogP contribution in [0.1, 0.15) is 22.0 Å². The zero-order valence-electron chi connectivity index (χ0n) is 11.6.